The summed E-state index contributed by atoms with van der Waals surface area (Å²) >= 11 is 0. The van der Waals surface area contributed by atoms with Crippen molar-refractivity contribution in [3.63, 3.8) is 0 Å². The Hall–Kier alpha value is -1.90. The summed E-state index contributed by atoms with van der Waals surface area (Å²) in [6.07, 6.45) is 9.69. The van der Waals surface area contributed by atoms with Crippen LogP contribution in [0.25, 0.3) is 0 Å². The number of H-pyrrole nitrogens is 1. The van der Waals surface area contributed by atoms with Crippen LogP contribution in [0.5, 0.6) is 0 Å². The SMILES string of the molecule is Cc1c[nH]c(=O)cc1NC1CCCC2CN(C(=O)C3C(O)CC(O)CC3OCC3CCCCC3)CC21. The molecule has 1 aromatic heterocycles. The van der Waals surface area contributed by atoms with Crippen molar-refractivity contribution in [3.05, 3.63) is 28.2 Å². The highest BCUT2D eigenvalue weighted by Gasteiger charge is 2.48. The third-order valence-corrected chi connectivity index (χ3v) is 9.27. The molecule has 1 aliphatic heterocycles. The number of amides is 1. The van der Waals surface area contributed by atoms with Gasteiger partial charge in [0.25, 0.3) is 0 Å². The first-order valence-corrected chi connectivity index (χ1v) is 14.1. The molecule has 200 valence electrons. The largest absolute Gasteiger partial charge is 0.393 e. The standard InChI is InChI=1S/C28H43N3O5/c1-17-13-29-26(34)12-23(17)30-22-9-5-8-19-14-31(15-21(19)22)28(35)27-24(33)10-20(32)11-25(27)36-16-18-6-3-2-4-7-18/h12-13,18-22,24-25,27,32-33H,2-11,14-16H2,1H3,(H2,29,30,34). The van der Waals surface area contributed by atoms with Gasteiger partial charge >= 0.3 is 0 Å². The van der Waals surface area contributed by atoms with Crippen LogP contribution in [0.1, 0.15) is 69.8 Å². The molecule has 3 aliphatic carbocycles. The second-order valence-electron chi connectivity index (χ2n) is 11.8. The van der Waals surface area contributed by atoms with Crippen molar-refractivity contribution >= 4 is 11.6 Å². The second kappa shape index (κ2) is 11.2. The number of likely N-dealkylation sites (tertiary alicyclic amines) is 1. The quantitative estimate of drug-likeness (QED) is 0.477. The van der Waals surface area contributed by atoms with Crippen LogP contribution >= 0.6 is 0 Å². The van der Waals surface area contributed by atoms with Crippen LogP contribution in [-0.2, 0) is 9.53 Å². The van der Waals surface area contributed by atoms with E-state index in [1.54, 1.807) is 12.3 Å². The maximum atomic E-state index is 13.8. The molecule has 5 rings (SSSR count). The molecule has 8 heteroatoms. The summed E-state index contributed by atoms with van der Waals surface area (Å²) in [5.41, 5.74) is 1.75. The van der Waals surface area contributed by atoms with Crippen molar-refractivity contribution in [1.82, 2.24) is 9.88 Å². The number of fused-ring (bicyclic) bond motifs is 1. The number of aromatic nitrogens is 1. The van der Waals surface area contributed by atoms with Crippen molar-refractivity contribution in [2.45, 2.75) is 95.5 Å². The average Bonchev–Trinajstić information content (AvgIpc) is 3.30. The number of carbonyl (C=O) groups excluding carboxylic acids is 1. The number of aliphatic hydroxyl groups excluding tert-OH is 2. The highest BCUT2D eigenvalue weighted by atomic mass is 16.5. The van der Waals surface area contributed by atoms with Crippen LogP contribution in [0, 0.1) is 30.6 Å². The van der Waals surface area contributed by atoms with Crippen molar-refractivity contribution in [2.75, 3.05) is 25.0 Å². The Morgan fingerprint density at radius 2 is 1.92 bits per heavy atom. The first-order valence-electron chi connectivity index (χ1n) is 14.1. The van der Waals surface area contributed by atoms with Gasteiger partial charge in [-0.05, 0) is 50.0 Å². The molecule has 1 amide bonds. The van der Waals surface area contributed by atoms with Gasteiger partial charge in [0.05, 0.1) is 24.2 Å². The highest BCUT2D eigenvalue weighted by molar-refractivity contribution is 5.80. The van der Waals surface area contributed by atoms with Crippen LogP contribution < -0.4 is 10.9 Å². The number of pyridine rings is 1. The maximum Gasteiger partial charge on any atom is 0.249 e. The minimum Gasteiger partial charge on any atom is -0.393 e. The van der Waals surface area contributed by atoms with Crippen molar-refractivity contribution < 1.29 is 19.7 Å². The van der Waals surface area contributed by atoms with Crippen molar-refractivity contribution in [1.29, 1.82) is 0 Å². The van der Waals surface area contributed by atoms with Gasteiger partial charge in [-0.25, -0.2) is 0 Å². The first kappa shape index (κ1) is 25.7. The van der Waals surface area contributed by atoms with Gasteiger partial charge in [-0.1, -0.05) is 25.7 Å². The van der Waals surface area contributed by atoms with E-state index in [1.807, 2.05) is 11.8 Å². The second-order valence-corrected chi connectivity index (χ2v) is 11.8. The minimum atomic E-state index is -0.882. The molecule has 7 atom stereocenters. The molecular formula is C28H43N3O5. The number of aromatic amines is 1. The van der Waals surface area contributed by atoms with E-state index < -0.39 is 24.2 Å². The zero-order valence-corrected chi connectivity index (χ0v) is 21.5. The first-order chi connectivity index (χ1) is 17.4. The Labute approximate surface area is 213 Å². The van der Waals surface area contributed by atoms with Gasteiger partial charge in [-0.3, -0.25) is 9.59 Å². The molecule has 36 heavy (non-hydrogen) atoms. The molecule has 1 saturated heterocycles. The van der Waals surface area contributed by atoms with Gasteiger partial charge < -0.3 is 30.2 Å². The lowest BCUT2D eigenvalue weighted by molar-refractivity contribution is -0.158. The van der Waals surface area contributed by atoms with E-state index in [2.05, 4.69) is 10.3 Å². The molecule has 0 bridgehead atoms. The molecule has 0 spiro atoms. The summed E-state index contributed by atoms with van der Waals surface area (Å²) in [6.45, 7) is 3.96. The third-order valence-electron chi connectivity index (χ3n) is 9.27. The lowest BCUT2D eigenvalue weighted by Gasteiger charge is -2.39. The fourth-order valence-corrected chi connectivity index (χ4v) is 7.23. The highest BCUT2D eigenvalue weighted by Crippen LogP contribution is 2.40. The van der Waals surface area contributed by atoms with Gasteiger partial charge in [0.2, 0.25) is 11.5 Å². The number of aliphatic hydroxyl groups is 2. The number of carbonyl (C=O) groups is 1. The number of nitrogens with zero attached hydrogens (tertiary/aromatic N) is 1. The summed E-state index contributed by atoms with van der Waals surface area (Å²) in [7, 11) is 0. The normalized spacial score (nSPS) is 35.4. The van der Waals surface area contributed by atoms with E-state index in [9.17, 15) is 19.8 Å². The molecule has 4 N–H and O–H groups in total. The zero-order chi connectivity index (χ0) is 25.2. The molecular weight excluding hydrogens is 458 g/mol. The Morgan fingerprint density at radius 1 is 1.11 bits per heavy atom. The topological polar surface area (TPSA) is 115 Å². The summed E-state index contributed by atoms with van der Waals surface area (Å²) in [4.78, 5) is 30.4. The Morgan fingerprint density at radius 3 is 2.72 bits per heavy atom. The van der Waals surface area contributed by atoms with Crippen LogP contribution in [-0.4, -0.2) is 70.1 Å². The fourth-order valence-electron chi connectivity index (χ4n) is 7.23. The molecule has 4 fully saturated rings. The molecule has 7 unspecified atom stereocenters. The van der Waals surface area contributed by atoms with Crippen LogP contribution in [0.3, 0.4) is 0 Å². The van der Waals surface area contributed by atoms with E-state index in [1.165, 1.54) is 19.3 Å². The molecule has 1 aromatic rings. The van der Waals surface area contributed by atoms with Gasteiger partial charge in [0, 0.05) is 62.4 Å². The zero-order valence-electron chi connectivity index (χ0n) is 21.5. The number of rotatable bonds is 6. The summed E-state index contributed by atoms with van der Waals surface area (Å²) in [5.74, 6) is 0.604. The van der Waals surface area contributed by atoms with E-state index in [0.29, 0.717) is 43.9 Å². The number of nitrogens with one attached hydrogen (secondary N) is 2. The Bertz CT molecular complexity index is 961. The van der Waals surface area contributed by atoms with Gasteiger partial charge in [0.15, 0.2) is 0 Å². The van der Waals surface area contributed by atoms with E-state index in [0.717, 1.165) is 43.4 Å². The molecule has 8 nitrogen and oxygen atoms in total. The number of hydrogen-bond acceptors (Lipinski definition) is 6. The maximum absolute atomic E-state index is 13.8. The predicted octanol–water partition coefficient (Wildman–Crippen LogP) is 2.82. The summed E-state index contributed by atoms with van der Waals surface area (Å²) in [6, 6.07) is 1.83. The summed E-state index contributed by atoms with van der Waals surface area (Å²) < 4.78 is 6.29. The molecule has 2 heterocycles. The summed E-state index contributed by atoms with van der Waals surface area (Å²) in [5, 5.41) is 24.9. The smallest absolute Gasteiger partial charge is 0.249 e. The molecule has 3 saturated carbocycles. The number of ether oxygens (including phenoxy) is 1. The van der Waals surface area contributed by atoms with E-state index in [4.69, 9.17) is 4.74 Å². The molecule has 0 radical (unpaired) electrons. The Kier molecular flexibility index (Phi) is 8.03. The lowest BCUT2D eigenvalue weighted by Crippen LogP contribution is -2.52. The van der Waals surface area contributed by atoms with Gasteiger partial charge in [-0.15, -0.1) is 0 Å². The number of anilines is 1. The monoisotopic (exact) mass is 501 g/mol. The van der Waals surface area contributed by atoms with Gasteiger partial charge in [-0.2, -0.15) is 0 Å². The Balaban J connectivity index is 1.26. The average molecular weight is 502 g/mol. The van der Waals surface area contributed by atoms with Crippen LogP contribution in [0.2, 0.25) is 0 Å². The molecule has 0 aromatic carbocycles. The third kappa shape index (κ3) is 5.65. The number of hydrogen-bond donors (Lipinski definition) is 4. The van der Waals surface area contributed by atoms with Gasteiger partial charge in [0.1, 0.15) is 0 Å². The van der Waals surface area contributed by atoms with Crippen molar-refractivity contribution in [3.8, 4) is 0 Å². The van der Waals surface area contributed by atoms with E-state index >= 15 is 0 Å². The lowest BCUT2D eigenvalue weighted by atomic mass is 9.78. The fraction of sp³-hybridized carbons (Fsp3) is 0.786. The minimum absolute atomic E-state index is 0.0245. The number of aryl methyl sites for hydroxylation is 1. The predicted molar refractivity (Wildman–Crippen MR) is 138 cm³/mol. The molecule has 4 aliphatic rings. The van der Waals surface area contributed by atoms with Crippen molar-refractivity contribution in [2.24, 2.45) is 23.7 Å². The van der Waals surface area contributed by atoms with Crippen LogP contribution in [0.15, 0.2) is 17.1 Å². The van der Waals surface area contributed by atoms with Crippen LogP contribution in [0.4, 0.5) is 5.69 Å². The van der Waals surface area contributed by atoms with E-state index in [-0.39, 0.29) is 23.9 Å².